The summed E-state index contributed by atoms with van der Waals surface area (Å²) in [6, 6.07) is 9.04. The van der Waals surface area contributed by atoms with Gasteiger partial charge in [0.25, 0.3) is 0 Å². The molecule has 110 valence electrons. The summed E-state index contributed by atoms with van der Waals surface area (Å²) in [6.07, 6.45) is -0.861. The van der Waals surface area contributed by atoms with Crippen LogP contribution in [-0.4, -0.2) is 18.3 Å². The zero-order chi connectivity index (χ0) is 15.0. The molecule has 21 heavy (non-hydrogen) atoms. The Bertz CT molecular complexity index is 691. The Morgan fingerprint density at radius 1 is 1.00 bits per heavy atom. The Hall–Kier alpha value is -0.750. The third-order valence-electron chi connectivity index (χ3n) is 3.23. The van der Waals surface area contributed by atoms with Gasteiger partial charge in [-0.15, -0.1) is 0 Å². The molecule has 1 unspecified atom stereocenters. The average molecular weight is 435 g/mol. The Morgan fingerprint density at radius 3 is 2.38 bits per heavy atom. The van der Waals surface area contributed by atoms with E-state index in [0.717, 1.165) is 8.95 Å². The van der Waals surface area contributed by atoms with Gasteiger partial charge >= 0.3 is 0 Å². The highest BCUT2D eigenvalue weighted by Gasteiger charge is 2.22. The molecule has 0 fully saturated rings. The van der Waals surface area contributed by atoms with E-state index in [-0.39, 0.29) is 0 Å². The van der Waals surface area contributed by atoms with Crippen molar-refractivity contribution in [3.8, 4) is 11.5 Å². The van der Waals surface area contributed by atoms with Crippen molar-refractivity contribution in [2.24, 2.45) is 0 Å². The van der Waals surface area contributed by atoms with Gasteiger partial charge in [0, 0.05) is 20.1 Å². The molecule has 0 saturated carbocycles. The average Bonchev–Trinajstić information content (AvgIpc) is 2.48. The number of fused-ring (bicyclic) bond motifs is 1. The van der Waals surface area contributed by atoms with Gasteiger partial charge in [0.1, 0.15) is 19.3 Å². The van der Waals surface area contributed by atoms with Gasteiger partial charge in [-0.05, 0) is 34.1 Å². The number of halogens is 3. The minimum absolute atomic E-state index is 0.492. The molecule has 1 N–H and O–H groups in total. The van der Waals surface area contributed by atoms with Gasteiger partial charge in [0.2, 0.25) is 0 Å². The van der Waals surface area contributed by atoms with Gasteiger partial charge in [-0.2, -0.15) is 0 Å². The number of hydrogen-bond acceptors (Lipinski definition) is 3. The second-order valence-electron chi connectivity index (χ2n) is 4.56. The first kappa shape index (κ1) is 15.2. The summed E-state index contributed by atoms with van der Waals surface area (Å²) in [4.78, 5) is 0. The number of aliphatic hydroxyl groups excluding tert-OH is 1. The molecule has 0 aromatic heterocycles. The van der Waals surface area contributed by atoms with Gasteiger partial charge in [-0.25, -0.2) is 0 Å². The smallest absolute Gasteiger partial charge is 0.162 e. The lowest BCUT2D eigenvalue weighted by Gasteiger charge is -2.22. The third-order valence-corrected chi connectivity index (χ3v) is 5.23. The van der Waals surface area contributed by atoms with E-state index >= 15 is 0 Å². The van der Waals surface area contributed by atoms with Gasteiger partial charge in [0.15, 0.2) is 11.5 Å². The van der Waals surface area contributed by atoms with E-state index in [0.29, 0.717) is 40.9 Å². The summed E-state index contributed by atoms with van der Waals surface area (Å²) in [6.45, 7) is 1.03. The van der Waals surface area contributed by atoms with Crippen LogP contribution in [-0.2, 0) is 0 Å². The molecule has 0 spiro atoms. The highest BCUT2D eigenvalue weighted by Crippen LogP contribution is 2.41. The number of ether oxygens (including phenoxy) is 2. The number of aliphatic hydroxyl groups is 1. The molecule has 1 aliphatic heterocycles. The second kappa shape index (κ2) is 6.16. The van der Waals surface area contributed by atoms with Crippen molar-refractivity contribution in [1.82, 2.24) is 0 Å². The Kier molecular flexibility index (Phi) is 4.45. The molecule has 1 aliphatic rings. The van der Waals surface area contributed by atoms with E-state index in [2.05, 4.69) is 31.9 Å². The van der Waals surface area contributed by atoms with Crippen LogP contribution in [0.15, 0.2) is 39.3 Å². The molecule has 3 rings (SSSR count). The van der Waals surface area contributed by atoms with Crippen LogP contribution in [0.25, 0.3) is 0 Å². The molecule has 3 nitrogen and oxygen atoms in total. The molecule has 0 aliphatic carbocycles. The lowest BCUT2D eigenvalue weighted by Crippen LogP contribution is -2.16. The predicted molar refractivity (Wildman–Crippen MR) is 88.3 cm³/mol. The van der Waals surface area contributed by atoms with E-state index in [1.54, 1.807) is 18.2 Å². The van der Waals surface area contributed by atoms with Crippen molar-refractivity contribution in [1.29, 1.82) is 0 Å². The molecule has 2 aromatic carbocycles. The van der Waals surface area contributed by atoms with E-state index in [4.69, 9.17) is 21.1 Å². The summed E-state index contributed by atoms with van der Waals surface area (Å²) in [5, 5.41) is 11.1. The largest absolute Gasteiger partial charge is 0.486 e. The minimum atomic E-state index is -0.861. The van der Waals surface area contributed by atoms with Gasteiger partial charge in [-0.1, -0.05) is 39.7 Å². The quantitative estimate of drug-likeness (QED) is 0.744. The van der Waals surface area contributed by atoms with E-state index < -0.39 is 6.10 Å². The maximum absolute atomic E-state index is 10.6. The predicted octanol–water partition coefficient (Wildman–Crippen LogP) is 4.72. The van der Waals surface area contributed by atoms with Crippen LogP contribution in [0.2, 0.25) is 5.02 Å². The Balaban J connectivity index is 2.05. The van der Waals surface area contributed by atoms with Crippen molar-refractivity contribution < 1.29 is 14.6 Å². The summed E-state index contributed by atoms with van der Waals surface area (Å²) in [5.41, 5.74) is 1.31. The minimum Gasteiger partial charge on any atom is -0.486 e. The summed E-state index contributed by atoms with van der Waals surface area (Å²) < 4.78 is 12.6. The maximum Gasteiger partial charge on any atom is 0.162 e. The first-order valence-corrected chi connectivity index (χ1v) is 8.25. The number of hydrogen-bond donors (Lipinski definition) is 1. The summed E-state index contributed by atoms with van der Waals surface area (Å²) in [5.74, 6) is 1.30. The second-order valence-corrected chi connectivity index (χ2v) is 6.65. The van der Waals surface area contributed by atoms with Crippen molar-refractivity contribution in [2.75, 3.05) is 13.2 Å². The van der Waals surface area contributed by atoms with Gasteiger partial charge in [-0.3, -0.25) is 0 Å². The zero-order valence-electron chi connectivity index (χ0n) is 10.8. The van der Waals surface area contributed by atoms with Crippen molar-refractivity contribution in [3.05, 3.63) is 55.4 Å². The lowest BCUT2D eigenvalue weighted by atomic mass is 10.0. The van der Waals surface area contributed by atoms with E-state index in [1.165, 1.54) is 0 Å². The van der Waals surface area contributed by atoms with Crippen LogP contribution in [0, 0.1) is 0 Å². The molecule has 0 amide bonds. The topological polar surface area (TPSA) is 38.7 Å². The molecule has 0 radical (unpaired) electrons. The fraction of sp³-hybridized carbons (Fsp3) is 0.200. The monoisotopic (exact) mass is 432 g/mol. The third kappa shape index (κ3) is 2.93. The normalized spacial score (nSPS) is 14.9. The van der Waals surface area contributed by atoms with Crippen LogP contribution >= 0.6 is 43.5 Å². The van der Waals surface area contributed by atoms with Crippen LogP contribution < -0.4 is 9.47 Å². The van der Waals surface area contributed by atoms with E-state index in [1.807, 2.05) is 12.1 Å². The lowest BCUT2D eigenvalue weighted by molar-refractivity contribution is 0.169. The first-order chi connectivity index (χ1) is 10.1. The first-order valence-electron chi connectivity index (χ1n) is 6.29. The Morgan fingerprint density at radius 2 is 1.67 bits per heavy atom. The molecule has 0 saturated heterocycles. The number of benzene rings is 2. The van der Waals surface area contributed by atoms with Crippen LogP contribution in [0.5, 0.6) is 11.5 Å². The molecular formula is C15H11Br2ClO3. The summed E-state index contributed by atoms with van der Waals surface area (Å²) >= 11 is 13.1. The van der Waals surface area contributed by atoms with Crippen LogP contribution in [0.1, 0.15) is 17.2 Å². The van der Waals surface area contributed by atoms with Gasteiger partial charge in [0.05, 0.1) is 5.02 Å². The summed E-state index contributed by atoms with van der Waals surface area (Å²) in [7, 11) is 0. The SMILES string of the molecule is OC(c1cc2c(cc1Br)OCCO2)c1cccc(Br)c1Cl. The fourth-order valence-electron chi connectivity index (χ4n) is 2.19. The molecule has 2 aromatic rings. The number of rotatable bonds is 2. The van der Waals surface area contributed by atoms with E-state index in [9.17, 15) is 5.11 Å². The fourth-order valence-corrected chi connectivity index (χ4v) is 3.34. The van der Waals surface area contributed by atoms with Crippen LogP contribution in [0.3, 0.4) is 0 Å². The Labute approximate surface area is 144 Å². The van der Waals surface area contributed by atoms with Crippen molar-refractivity contribution in [2.45, 2.75) is 6.10 Å². The highest BCUT2D eigenvalue weighted by atomic mass is 79.9. The molecular weight excluding hydrogens is 423 g/mol. The molecule has 0 bridgehead atoms. The zero-order valence-corrected chi connectivity index (χ0v) is 14.7. The van der Waals surface area contributed by atoms with Crippen LogP contribution in [0.4, 0.5) is 0 Å². The maximum atomic E-state index is 10.6. The standard InChI is InChI=1S/C15H11Br2ClO3/c16-10-3-1-2-8(14(10)18)15(19)9-6-12-13(7-11(9)17)21-5-4-20-12/h1-3,6-7,15,19H,4-5H2. The molecule has 1 heterocycles. The van der Waals surface area contributed by atoms with Crippen molar-refractivity contribution >= 4 is 43.5 Å². The van der Waals surface area contributed by atoms with Crippen molar-refractivity contribution in [3.63, 3.8) is 0 Å². The molecule has 6 heteroatoms. The highest BCUT2D eigenvalue weighted by molar-refractivity contribution is 9.10. The molecule has 1 atom stereocenters. The van der Waals surface area contributed by atoms with Gasteiger partial charge < -0.3 is 14.6 Å².